The zero-order chi connectivity index (χ0) is 13.2. The molecule has 1 aliphatic rings. The van der Waals surface area contributed by atoms with Crippen molar-refractivity contribution in [3.63, 3.8) is 0 Å². The van der Waals surface area contributed by atoms with Gasteiger partial charge >= 0.3 is 0 Å². The summed E-state index contributed by atoms with van der Waals surface area (Å²) in [5.41, 5.74) is 8.81. The van der Waals surface area contributed by atoms with Crippen LogP contribution in [-0.2, 0) is 5.41 Å². The van der Waals surface area contributed by atoms with Crippen LogP contribution in [0, 0.1) is 12.8 Å². The van der Waals surface area contributed by atoms with Crippen LogP contribution in [0.2, 0.25) is 0 Å². The van der Waals surface area contributed by atoms with E-state index in [1.807, 2.05) is 0 Å². The normalized spacial score (nSPS) is 26.8. The van der Waals surface area contributed by atoms with Crippen LogP contribution in [0.25, 0.3) is 0 Å². The largest absolute Gasteiger partial charge is 0.496 e. The predicted octanol–water partition coefficient (Wildman–Crippen LogP) is 3.41. The van der Waals surface area contributed by atoms with Crippen LogP contribution in [0.4, 0.5) is 0 Å². The number of benzene rings is 1. The van der Waals surface area contributed by atoms with Crippen LogP contribution in [0.1, 0.15) is 43.7 Å². The van der Waals surface area contributed by atoms with Gasteiger partial charge in [0, 0.05) is 12.0 Å². The lowest BCUT2D eigenvalue weighted by atomic mass is 9.57. The topological polar surface area (TPSA) is 35.2 Å². The van der Waals surface area contributed by atoms with E-state index in [1.165, 1.54) is 36.8 Å². The van der Waals surface area contributed by atoms with Gasteiger partial charge < -0.3 is 10.5 Å². The highest BCUT2D eigenvalue weighted by Crippen LogP contribution is 2.49. The Bertz CT molecular complexity index is 408. The van der Waals surface area contributed by atoms with Crippen molar-refractivity contribution in [3.8, 4) is 5.75 Å². The van der Waals surface area contributed by atoms with E-state index >= 15 is 0 Å². The van der Waals surface area contributed by atoms with Gasteiger partial charge in [0.15, 0.2) is 0 Å². The van der Waals surface area contributed by atoms with Gasteiger partial charge in [-0.15, -0.1) is 0 Å². The van der Waals surface area contributed by atoms with Crippen molar-refractivity contribution < 1.29 is 4.74 Å². The third-order valence-electron chi connectivity index (χ3n) is 4.47. The fraction of sp³-hybridized carbons (Fsp3) is 0.625. The monoisotopic (exact) mass is 247 g/mol. The van der Waals surface area contributed by atoms with E-state index in [9.17, 15) is 0 Å². The Kier molecular flexibility index (Phi) is 3.96. The van der Waals surface area contributed by atoms with Crippen LogP contribution in [0.3, 0.4) is 0 Å². The first-order chi connectivity index (χ1) is 8.65. The molecule has 0 bridgehead atoms. The molecule has 100 valence electrons. The van der Waals surface area contributed by atoms with Crippen molar-refractivity contribution in [1.29, 1.82) is 0 Å². The zero-order valence-electron chi connectivity index (χ0n) is 11.8. The molecule has 1 aromatic rings. The maximum atomic E-state index is 6.05. The molecule has 2 N–H and O–H groups in total. The molecular weight excluding hydrogens is 222 g/mol. The van der Waals surface area contributed by atoms with E-state index in [-0.39, 0.29) is 5.41 Å². The summed E-state index contributed by atoms with van der Waals surface area (Å²) < 4.78 is 5.43. The minimum atomic E-state index is 0.209. The van der Waals surface area contributed by atoms with Crippen LogP contribution in [-0.4, -0.2) is 13.7 Å². The third-order valence-corrected chi connectivity index (χ3v) is 4.47. The van der Waals surface area contributed by atoms with E-state index in [1.54, 1.807) is 7.11 Å². The van der Waals surface area contributed by atoms with Gasteiger partial charge in [0.05, 0.1) is 7.11 Å². The van der Waals surface area contributed by atoms with Crippen molar-refractivity contribution in [2.45, 2.75) is 44.9 Å². The Balaban J connectivity index is 2.19. The SMILES string of the molecule is CCCC1CC(CN)(c2ccc(C)c(OC)c2)C1. The number of hydrogen-bond acceptors (Lipinski definition) is 2. The average molecular weight is 247 g/mol. The standard InChI is InChI=1S/C16H25NO/c1-4-5-13-9-16(10-13,11-17)14-7-6-12(2)15(8-14)18-3/h6-8,13H,4-5,9-11,17H2,1-3H3. The van der Waals surface area contributed by atoms with Gasteiger partial charge in [0.25, 0.3) is 0 Å². The van der Waals surface area contributed by atoms with Crippen LogP contribution in [0.15, 0.2) is 18.2 Å². The van der Waals surface area contributed by atoms with Gasteiger partial charge in [-0.2, -0.15) is 0 Å². The summed E-state index contributed by atoms with van der Waals surface area (Å²) in [4.78, 5) is 0. The molecule has 1 fully saturated rings. The first kappa shape index (κ1) is 13.4. The summed E-state index contributed by atoms with van der Waals surface area (Å²) in [6.45, 7) is 5.09. The molecule has 2 nitrogen and oxygen atoms in total. The molecule has 0 radical (unpaired) electrons. The summed E-state index contributed by atoms with van der Waals surface area (Å²) in [6, 6.07) is 6.57. The maximum Gasteiger partial charge on any atom is 0.122 e. The fourth-order valence-corrected chi connectivity index (χ4v) is 3.33. The molecular formula is C16H25NO. The average Bonchev–Trinajstić information content (AvgIpc) is 2.34. The van der Waals surface area contributed by atoms with Crippen molar-refractivity contribution in [3.05, 3.63) is 29.3 Å². The van der Waals surface area contributed by atoms with Crippen molar-refractivity contribution in [1.82, 2.24) is 0 Å². The summed E-state index contributed by atoms with van der Waals surface area (Å²) in [7, 11) is 1.74. The Hall–Kier alpha value is -1.02. The van der Waals surface area contributed by atoms with E-state index in [0.717, 1.165) is 18.2 Å². The molecule has 0 saturated heterocycles. The minimum Gasteiger partial charge on any atom is -0.496 e. The number of aryl methyl sites for hydroxylation is 1. The number of methoxy groups -OCH3 is 1. The van der Waals surface area contributed by atoms with Gasteiger partial charge in [0.1, 0.15) is 5.75 Å². The Morgan fingerprint density at radius 3 is 2.67 bits per heavy atom. The van der Waals surface area contributed by atoms with Gasteiger partial charge in [-0.1, -0.05) is 31.9 Å². The third kappa shape index (κ3) is 2.26. The molecule has 0 atom stereocenters. The number of rotatable bonds is 5. The molecule has 0 spiro atoms. The Morgan fingerprint density at radius 1 is 1.39 bits per heavy atom. The van der Waals surface area contributed by atoms with Crippen LogP contribution in [0.5, 0.6) is 5.75 Å². The summed E-state index contributed by atoms with van der Waals surface area (Å²) in [6.07, 6.45) is 5.10. The lowest BCUT2D eigenvalue weighted by Gasteiger charge is -2.48. The first-order valence-corrected chi connectivity index (χ1v) is 7.00. The van der Waals surface area contributed by atoms with Crippen LogP contribution >= 0.6 is 0 Å². The maximum absolute atomic E-state index is 6.05. The smallest absolute Gasteiger partial charge is 0.122 e. The van der Waals surface area contributed by atoms with Gasteiger partial charge in [-0.25, -0.2) is 0 Å². The van der Waals surface area contributed by atoms with Gasteiger partial charge in [0.2, 0.25) is 0 Å². The zero-order valence-corrected chi connectivity index (χ0v) is 11.8. The summed E-state index contributed by atoms with van der Waals surface area (Å²) in [5, 5.41) is 0. The number of nitrogens with two attached hydrogens (primary N) is 1. The second kappa shape index (κ2) is 5.31. The highest BCUT2D eigenvalue weighted by atomic mass is 16.5. The lowest BCUT2D eigenvalue weighted by molar-refractivity contribution is 0.138. The van der Waals surface area contributed by atoms with Crippen LogP contribution < -0.4 is 10.5 Å². The number of ether oxygens (including phenoxy) is 1. The first-order valence-electron chi connectivity index (χ1n) is 7.00. The van der Waals surface area contributed by atoms with E-state index in [4.69, 9.17) is 10.5 Å². The molecule has 1 aromatic carbocycles. The molecule has 1 aliphatic carbocycles. The predicted molar refractivity (Wildman–Crippen MR) is 76.1 cm³/mol. The second-order valence-electron chi connectivity index (χ2n) is 5.73. The Labute approximate surface area is 111 Å². The molecule has 18 heavy (non-hydrogen) atoms. The Morgan fingerprint density at radius 2 is 2.11 bits per heavy atom. The second-order valence-corrected chi connectivity index (χ2v) is 5.73. The molecule has 0 amide bonds. The molecule has 2 heteroatoms. The molecule has 0 aromatic heterocycles. The van der Waals surface area contributed by atoms with E-state index in [2.05, 4.69) is 32.0 Å². The summed E-state index contributed by atoms with van der Waals surface area (Å²) in [5.74, 6) is 1.85. The molecule has 0 heterocycles. The van der Waals surface area contributed by atoms with Gasteiger partial charge in [-0.3, -0.25) is 0 Å². The van der Waals surface area contributed by atoms with Crippen molar-refractivity contribution in [2.24, 2.45) is 11.7 Å². The quantitative estimate of drug-likeness (QED) is 0.865. The molecule has 1 saturated carbocycles. The minimum absolute atomic E-state index is 0.209. The number of hydrogen-bond donors (Lipinski definition) is 1. The summed E-state index contributed by atoms with van der Waals surface area (Å²) >= 11 is 0. The lowest BCUT2D eigenvalue weighted by Crippen LogP contribution is -2.47. The molecule has 0 aliphatic heterocycles. The highest BCUT2D eigenvalue weighted by Gasteiger charge is 2.43. The fourth-order valence-electron chi connectivity index (χ4n) is 3.33. The van der Waals surface area contributed by atoms with Gasteiger partial charge in [-0.05, 0) is 42.9 Å². The molecule has 0 unspecified atom stereocenters. The van der Waals surface area contributed by atoms with Crippen molar-refractivity contribution >= 4 is 0 Å². The molecule has 2 rings (SSSR count). The van der Waals surface area contributed by atoms with E-state index < -0.39 is 0 Å². The highest BCUT2D eigenvalue weighted by molar-refractivity contribution is 5.41. The van der Waals surface area contributed by atoms with E-state index in [0.29, 0.717) is 0 Å². The van der Waals surface area contributed by atoms with Crippen molar-refractivity contribution in [2.75, 3.05) is 13.7 Å².